The molecule has 1 aromatic rings. The van der Waals surface area contributed by atoms with Gasteiger partial charge >= 0.3 is 6.09 Å². The Balaban J connectivity index is 2.12. The van der Waals surface area contributed by atoms with Crippen LogP contribution in [0.2, 0.25) is 0 Å². The number of ether oxygens (including phenoxy) is 1. The number of hydrogen-bond acceptors (Lipinski definition) is 4. The van der Waals surface area contributed by atoms with Gasteiger partial charge in [0.25, 0.3) is 0 Å². The predicted molar refractivity (Wildman–Crippen MR) is 117 cm³/mol. The van der Waals surface area contributed by atoms with Crippen molar-refractivity contribution < 1.29 is 13.7 Å². The molecule has 0 saturated carbocycles. The third-order valence-electron chi connectivity index (χ3n) is 4.27. The zero-order valence-electron chi connectivity index (χ0n) is 18.1. The van der Waals surface area contributed by atoms with Crippen LogP contribution in [0.4, 0.5) is 10.5 Å². The summed E-state index contributed by atoms with van der Waals surface area (Å²) in [4.78, 5) is 16.3. The number of carbonyl (C=O) groups excluding carboxylic acids is 1. The average Bonchev–Trinajstić information content (AvgIpc) is 2.57. The molecular weight excluding hydrogens is 374 g/mol. The molecule has 2 rings (SSSR count). The molecule has 1 aliphatic heterocycles. The number of benzene rings is 1. The Morgan fingerprint density at radius 3 is 2.25 bits per heavy atom. The highest BCUT2D eigenvalue weighted by Crippen LogP contribution is 2.23. The standard InChI is InChI=1S/C21H33N3O3S/c1-16-8-9-18(17(14-16)15-22-28(26)21(5,6)7)23-10-12-24(13-11-23)19(25)27-20(2,3)4/h8-9,14-15H,10-13H2,1-7H3/b22-15+/t28-/m0/s1. The minimum Gasteiger partial charge on any atom is -0.444 e. The highest BCUT2D eigenvalue weighted by molar-refractivity contribution is 7.85. The third-order valence-corrected chi connectivity index (χ3v) is 5.61. The highest BCUT2D eigenvalue weighted by Gasteiger charge is 2.26. The number of hydrogen-bond donors (Lipinski definition) is 0. The molecule has 1 aliphatic rings. The number of piperazine rings is 1. The maximum Gasteiger partial charge on any atom is 0.410 e. The molecule has 0 spiro atoms. The van der Waals surface area contributed by atoms with Gasteiger partial charge in [0.2, 0.25) is 0 Å². The number of amides is 1. The average molecular weight is 408 g/mol. The number of nitrogens with zero attached hydrogens (tertiary/aromatic N) is 3. The van der Waals surface area contributed by atoms with E-state index in [1.807, 2.05) is 48.5 Å². The molecule has 28 heavy (non-hydrogen) atoms. The second kappa shape index (κ2) is 8.64. The van der Waals surface area contributed by atoms with E-state index in [1.54, 1.807) is 11.1 Å². The Morgan fingerprint density at radius 1 is 1.11 bits per heavy atom. The third kappa shape index (κ3) is 6.33. The van der Waals surface area contributed by atoms with E-state index in [9.17, 15) is 9.00 Å². The number of rotatable bonds is 3. The fourth-order valence-corrected chi connectivity index (χ4v) is 3.31. The quantitative estimate of drug-likeness (QED) is 0.712. The minimum absolute atomic E-state index is 0.265. The van der Waals surface area contributed by atoms with Gasteiger partial charge in [-0.2, -0.15) is 4.40 Å². The Kier molecular flexibility index (Phi) is 6.91. The second-order valence-electron chi connectivity index (χ2n) is 9.11. The van der Waals surface area contributed by atoms with E-state index in [1.165, 1.54) is 0 Å². The summed E-state index contributed by atoms with van der Waals surface area (Å²) in [5.74, 6) is 0. The molecule has 1 fully saturated rings. The summed E-state index contributed by atoms with van der Waals surface area (Å²) in [6.07, 6.45) is 1.45. The van der Waals surface area contributed by atoms with Gasteiger partial charge in [0, 0.05) is 43.6 Å². The number of carbonyl (C=O) groups is 1. The van der Waals surface area contributed by atoms with Crippen molar-refractivity contribution in [1.82, 2.24) is 4.90 Å². The van der Waals surface area contributed by atoms with Crippen LogP contribution in [0.25, 0.3) is 0 Å². The Hall–Kier alpha value is -1.89. The number of aryl methyl sites for hydroxylation is 1. The maximum atomic E-state index is 12.3. The summed E-state index contributed by atoms with van der Waals surface area (Å²) in [6.45, 7) is 16.0. The van der Waals surface area contributed by atoms with Crippen LogP contribution in [0, 0.1) is 6.92 Å². The molecule has 1 atom stereocenters. The normalized spacial score (nSPS) is 17.1. The van der Waals surface area contributed by atoms with Gasteiger partial charge in [0.15, 0.2) is 0 Å². The van der Waals surface area contributed by atoms with Crippen LogP contribution in [-0.2, 0) is 15.7 Å². The fraction of sp³-hybridized carbons (Fsp3) is 0.619. The SMILES string of the molecule is Cc1ccc(N2CCN(C(=O)OC(C)(C)C)CC2)c(/C=N/[S@@](=O)C(C)(C)C)c1. The van der Waals surface area contributed by atoms with Crippen molar-refractivity contribution >= 4 is 29.0 Å². The first-order chi connectivity index (χ1) is 12.9. The van der Waals surface area contributed by atoms with Gasteiger partial charge in [0.05, 0.1) is 4.75 Å². The topological polar surface area (TPSA) is 62.2 Å². The Labute approximate surface area is 171 Å². The van der Waals surface area contributed by atoms with Gasteiger partial charge in [-0.15, -0.1) is 0 Å². The molecule has 1 amide bonds. The second-order valence-corrected chi connectivity index (χ2v) is 11.0. The van der Waals surface area contributed by atoms with Crippen LogP contribution in [0.15, 0.2) is 22.6 Å². The van der Waals surface area contributed by atoms with Crippen molar-refractivity contribution in [3.8, 4) is 0 Å². The summed E-state index contributed by atoms with van der Waals surface area (Å²) in [5.41, 5.74) is 2.63. The minimum atomic E-state index is -1.30. The van der Waals surface area contributed by atoms with E-state index < -0.39 is 16.6 Å². The summed E-state index contributed by atoms with van der Waals surface area (Å²) in [7, 11) is -1.30. The lowest BCUT2D eigenvalue weighted by Gasteiger charge is -2.37. The maximum absolute atomic E-state index is 12.3. The first-order valence-corrected chi connectivity index (χ1v) is 10.8. The van der Waals surface area contributed by atoms with E-state index in [-0.39, 0.29) is 10.8 Å². The lowest BCUT2D eigenvalue weighted by Crippen LogP contribution is -2.50. The number of anilines is 1. The van der Waals surface area contributed by atoms with Crippen molar-refractivity contribution in [2.24, 2.45) is 4.40 Å². The Bertz CT molecular complexity index is 755. The van der Waals surface area contributed by atoms with Crippen molar-refractivity contribution in [3.05, 3.63) is 29.3 Å². The first-order valence-electron chi connectivity index (χ1n) is 9.66. The highest BCUT2D eigenvalue weighted by atomic mass is 32.2. The van der Waals surface area contributed by atoms with E-state index in [2.05, 4.69) is 27.5 Å². The predicted octanol–water partition coefficient (Wildman–Crippen LogP) is 3.93. The summed E-state index contributed by atoms with van der Waals surface area (Å²) in [5, 5.41) is 0. The molecule has 156 valence electrons. The van der Waals surface area contributed by atoms with Crippen molar-refractivity contribution in [3.63, 3.8) is 0 Å². The fourth-order valence-electron chi connectivity index (χ4n) is 2.78. The van der Waals surface area contributed by atoms with Gasteiger partial charge < -0.3 is 14.5 Å². The molecule has 6 nitrogen and oxygen atoms in total. The molecule has 7 heteroatoms. The lowest BCUT2D eigenvalue weighted by molar-refractivity contribution is 0.0240. The molecule has 1 heterocycles. The van der Waals surface area contributed by atoms with Crippen LogP contribution >= 0.6 is 0 Å². The molecule has 1 aromatic carbocycles. The van der Waals surface area contributed by atoms with Crippen molar-refractivity contribution in [2.45, 2.75) is 58.8 Å². The van der Waals surface area contributed by atoms with Crippen LogP contribution in [0.1, 0.15) is 52.7 Å². The van der Waals surface area contributed by atoms with E-state index in [0.29, 0.717) is 26.2 Å². The van der Waals surface area contributed by atoms with Gasteiger partial charge in [-0.05, 0) is 60.6 Å². The van der Waals surface area contributed by atoms with Gasteiger partial charge in [-0.3, -0.25) is 0 Å². The van der Waals surface area contributed by atoms with E-state index in [0.717, 1.165) is 16.8 Å². The van der Waals surface area contributed by atoms with Gasteiger partial charge in [0.1, 0.15) is 16.6 Å². The van der Waals surface area contributed by atoms with Crippen LogP contribution in [0.5, 0.6) is 0 Å². The molecule has 0 aromatic heterocycles. The lowest BCUT2D eigenvalue weighted by atomic mass is 10.1. The monoisotopic (exact) mass is 407 g/mol. The Morgan fingerprint density at radius 2 is 1.71 bits per heavy atom. The smallest absolute Gasteiger partial charge is 0.410 e. The zero-order valence-corrected chi connectivity index (χ0v) is 18.9. The van der Waals surface area contributed by atoms with E-state index in [4.69, 9.17) is 4.74 Å². The van der Waals surface area contributed by atoms with Gasteiger partial charge in [-0.1, -0.05) is 11.6 Å². The molecule has 0 unspecified atom stereocenters. The zero-order chi connectivity index (χ0) is 21.1. The molecule has 0 N–H and O–H groups in total. The molecule has 0 bridgehead atoms. The molecular formula is C21H33N3O3S. The summed E-state index contributed by atoms with van der Waals surface area (Å²) < 4.78 is 21.6. The van der Waals surface area contributed by atoms with Crippen molar-refractivity contribution in [1.29, 1.82) is 0 Å². The molecule has 1 saturated heterocycles. The first kappa shape index (κ1) is 22.4. The van der Waals surface area contributed by atoms with Gasteiger partial charge in [-0.25, -0.2) is 9.00 Å². The molecule has 0 aliphatic carbocycles. The van der Waals surface area contributed by atoms with Crippen LogP contribution < -0.4 is 4.90 Å². The largest absolute Gasteiger partial charge is 0.444 e. The van der Waals surface area contributed by atoms with Crippen LogP contribution in [0.3, 0.4) is 0 Å². The van der Waals surface area contributed by atoms with Crippen LogP contribution in [-0.4, -0.2) is 57.9 Å². The molecule has 0 radical (unpaired) electrons. The summed E-state index contributed by atoms with van der Waals surface area (Å²) in [6, 6.07) is 6.19. The summed E-state index contributed by atoms with van der Waals surface area (Å²) >= 11 is 0. The van der Waals surface area contributed by atoms with E-state index >= 15 is 0 Å². The van der Waals surface area contributed by atoms with Crippen molar-refractivity contribution in [2.75, 3.05) is 31.1 Å².